The van der Waals surface area contributed by atoms with E-state index in [2.05, 4.69) is 4.98 Å². The Balaban J connectivity index is 2.10. The fourth-order valence-electron chi connectivity index (χ4n) is 1.79. The molecule has 0 aliphatic carbocycles. The number of fused-ring (bicyclic) bond motifs is 1. The number of aldehydes is 1. The number of benzene rings is 1. The predicted molar refractivity (Wildman–Crippen MR) is 71.6 cm³/mol. The van der Waals surface area contributed by atoms with Crippen molar-refractivity contribution in [3.05, 3.63) is 51.4 Å². The second-order valence-corrected chi connectivity index (χ2v) is 4.82. The summed E-state index contributed by atoms with van der Waals surface area (Å²) in [4.78, 5) is 25.9. The van der Waals surface area contributed by atoms with Gasteiger partial charge in [0.15, 0.2) is 16.9 Å². The first kappa shape index (κ1) is 13.2. The van der Waals surface area contributed by atoms with Gasteiger partial charge in [-0.05, 0) is 6.07 Å². The van der Waals surface area contributed by atoms with E-state index in [1.165, 1.54) is 15.7 Å². The third-order valence-corrected chi connectivity index (χ3v) is 3.46. The number of carbonyl (C=O) groups excluding carboxylic acids is 1. The molecule has 0 spiro atoms. The average molecular weight is 307 g/mol. The van der Waals surface area contributed by atoms with E-state index in [-0.39, 0.29) is 17.3 Å². The maximum absolute atomic E-state index is 13.2. The van der Waals surface area contributed by atoms with Gasteiger partial charge in [-0.3, -0.25) is 19.3 Å². The van der Waals surface area contributed by atoms with E-state index in [1.54, 1.807) is 11.6 Å². The van der Waals surface area contributed by atoms with Gasteiger partial charge >= 0.3 is 5.69 Å². The summed E-state index contributed by atoms with van der Waals surface area (Å²) in [6.45, 7) is 0. The second-order valence-electron chi connectivity index (χ2n) is 3.95. The highest BCUT2D eigenvalue weighted by atomic mass is 32.1. The molecular formula is C12H6FN3O4S. The summed E-state index contributed by atoms with van der Waals surface area (Å²) < 4.78 is 20.0. The van der Waals surface area contributed by atoms with Gasteiger partial charge in [0.25, 0.3) is 0 Å². The van der Waals surface area contributed by atoms with E-state index in [0.29, 0.717) is 11.2 Å². The van der Waals surface area contributed by atoms with Crippen LogP contribution in [0.3, 0.4) is 0 Å². The van der Waals surface area contributed by atoms with Crippen molar-refractivity contribution < 1.29 is 18.8 Å². The summed E-state index contributed by atoms with van der Waals surface area (Å²) in [5.74, 6) is -1.11. The summed E-state index contributed by atoms with van der Waals surface area (Å²) >= 11 is 1.27. The summed E-state index contributed by atoms with van der Waals surface area (Å²) in [5, 5.41) is 12.6. The van der Waals surface area contributed by atoms with Crippen molar-refractivity contribution in [2.75, 3.05) is 0 Å². The van der Waals surface area contributed by atoms with E-state index in [4.69, 9.17) is 4.74 Å². The molecule has 0 unspecified atom stereocenters. The highest BCUT2D eigenvalue weighted by molar-refractivity contribution is 7.15. The topological polar surface area (TPSA) is 86.7 Å². The molecule has 21 heavy (non-hydrogen) atoms. The minimum Gasteiger partial charge on any atom is -0.429 e. The van der Waals surface area contributed by atoms with Crippen molar-refractivity contribution in [2.45, 2.75) is 0 Å². The van der Waals surface area contributed by atoms with Crippen LogP contribution in [0.1, 0.15) is 10.5 Å². The quantitative estimate of drug-likeness (QED) is 0.420. The van der Waals surface area contributed by atoms with Gasteiger partial charge < -0.3 is 4.74 Å². The molecule has 0 bridgehead atoms. The normalized spacial score (nSPS) is 10.7. The number of hydrogen-bond acceptors (Lipinski definition) is 6. The van der Waals surface area contributed by atoms with Crippen molar-refractivity contribution in [3.8, 4) is 11.6 Å². The Bertz CT molecular complexity index is 857. The van der Waals surface area contributed by atoms with Gasteiger partial charge in [-0.1, -0.05) is 0 Å². The van der Waals surface area contributed by atoms with Crippen LogP contribution < -0.4 is 4.74 Å². The SMILES string of the molecule is O=Cc1c(Oc2cc(F)ccc2[N+](=O)[O-])nc2sccn12. The summed E-state index contributed by atoms with van der Waals surface area (Å²) in [6.07, 6.45) is 2.14. The average Bonchev–Trinajstić information content (AvgIpc) is 2.98. The molecule has 7 nitrogen and oxygen atoms in total. The second kappa shape index (κ2) is 4.94. The summed E-state index contributed by atoms with van der Waals surface area (Å²) in [5.41, 5.74) is -0.311. The molecule has 106 valence electrons. The molecule has 0 amide bonds. The monoisotopic (exact) mass is 307 g/mol. The molecule has 0 aliphatic heterocycles. The van der Waals surface area contributed by atoms with E-state index in [1.807, 2.05) is 0 Å². The van der Waals surface area contributed by atoms with Crippen molar-refractivity contribution in [1.82, 2.24) is 9.38 Å². The maximum Gasteiger partial charge on any atom is 0.311 e. The number of hydrogen-bond donors (Lipinski definition) is 0. The van der Waals surface area contributed by atoms with Crippen molar-refractivity contribution in [1.29, 1.82) is 0 Å². The Kier molecular flexibility index (Phi) is 3.10. The van der Waals surface area contributed by atoms with Crippen LogP contribution in [0.2, 0.25) is 0 Å². The van der Waals surface area contributed by atoms with Crippen LogP contribution >= 0.6 is 11.3 Å². The van der Waals surface area contributed by atoms with Gasteiger partial charge in [-0.25, -0.2) is 4.39 Å². The van der Waals surface area contributed by atoms with Crippen LogP contribution in [0.25, 0.3) is 4.96 Å². The molecular weight excluding hydrogens is 301 g/mol. The first-order valence-electron chi connectivity index (χ1n) is 5.62. The first-order valence-corrected chi connectivity index (χ1v) is 6.50. The van der Waals surface area contributed by atoms with E-state index < -0.39 is 16.4 Å². The number of nitrogens with zero attached hydrogens (tertiary/aromatic N) is 3. The number of halogens is 1. The zero-order valence-corrected chi connectivity index (χ0v) is 11.0. The van der Waals surface area contributed by atoms with Gasteiger partial charge in [0.05, 0.1) is 4.92 Å². The number of aromatic nitrogens is 2. The fourth-order valence-corrected chi connectivity index (χ4v) is 2.50. The molecule has 0 radical (unpaired) electrons. The van der Waals surface area contributed by atoms with Crippen LogP contribution in [0.5, 0.6) is 11.6 Å². The molecule has 9 heteroatoms. The van der Waals surface area contributed by atoms with Gasteiger partial charge in [-0.15, -0.1) is 11.3 Å². The largest absolute Gasteiger partial charge is 0.429 e. The molecule has 0 atom stereocenters. The van der Waals surface area contributed by atoms with Crippen LogP contribution in [-0.4, -0.2) is 20.6 Å². The van der Waals surface area contributed by atoms with E-state index >= 15 is 0 Å². The lowest BCUT2D eigenvalue weighted by Gasteiger charge is -2.04. The first-order chi connectivity index (χ1) is 10.1. The zero-order chi connectivity index (χ0) is 15.0. The number of ether oxygens (including phenoxy) is 1. The smallest absolute Gasteiger partial charge is 0.311 e. The molecule has 0 saturated carbocycles. The van der Waals surface area contributed by atoms with Gasteiger partial charge in [0, 0.05) is 23.7 Å². The van der Waals surface area contributed by atoms with E-state index in [0.717, 1.165) is 18.2 Å². The van der Waals surface area contributed by atoms with Crippen LogP contribution in [-0.2, 0) is 0 Å². The third-order valence-electron chi connectivity index (χ3n) is 2.70. The number of nitro groups is 1. The number of nitro benzene ring substituents is 1. The van der Waals surface area contributed by atoms with Crippen LogP contribution in [0.4, 0.5) is 10.1 Å². The maximum atomic E-state index is 13.2. The minimum atomic E-state index is -0.701. The number of rotatable bonds is 4. The highest BCUT2D eigenvalue weighted by Gasteiger charge is 2.21. The van der Waals surface area contributed by atoms with Gasteiger partial charge in [-0.2, -0.15) is 4.98 Å². The summed E-state index contributed by atoms with van der Waals surface area (Å²) in [7, 11) is 0. The molecule has 3 rings (SSSR count). The zero-order valence-electron chi connectivity index (χ0n) is 10.2. The van der Waals surface area contributed by atoms with Gasteiger partial charge in [0.1, 0.15) is 5.82 Å². The van der Waals surface area contributed by atoms with Gasteiger partial charge in [0.2, 0.25) is 11.6 Å². The lowest BCUT2D eigenvalue weighted by Crippen LogP contribution is -1.97. The molecule has 2 aromatic heterocycles. The Morgan fingerprint density at radius 2 is 2.29 bits per heavy atom. The molecule has 0 aliphatic rings. The molecule has 0 N–H and O–H groups in total. The number of imidazole rings is 1. The molecule has 0 saturated heterocycles. The summed E-state index contributed by atoms with van der Waals surface area (Å²) in [6, 6.07) is 2.82. The standard InChI is InChI=1S/C12H6FN3O4S/c13-7-1-2-8(16(18)19)10(5-7)20-11-9(6-17)15-3-4-21-12(15)14-11/h1-6H. The van der Waals surface area contributed by atoms with Crippen LogP contribution in [0.15, 0.2) is 29.8 Å². The van der Waals surface area contributed by atoms with Crippen molar-refractivity contribution in [2.24, 2.45) is 0 Å². The highest BCUT2D eigenvalue weighted by Crippen LogP contribution is 2.33. The number of carbonyl (C=O) groups is 1. The van der Waals surface area contributed by atoms with E-state index in [9.17, 15) is 19.3 Å². The van der Waals surface area contributed by atoms with Crippen molar-refractivity contribution in [3.63, 3.8) is 0 Å². The lowest BCUT2D eigenvalue weighted by atomic mass is 10.3. The number of thiazole rings is 1. The fraction of sp³-hybridized carbons (Fsp3) is 0. The molecule has 3 aromatic rings. The Labute approximate surface area is 120 Å². The Morgan fingerprint density at radius 1 is 1.48 bits per heavy atom. The van der Waals surface area contributed by atoms with Crippen LogP contribution in [0, 0.1) is 15.9 Å². The Morgan fingerprint density at radius 3 is 3.00 bits per heavy atom. The van der Waals surface area contributed by atoms with Crippen molar-refractivity contribution >= 4 is 28.3 Å². The molecule has 2 heterocycles. The third kappa shape index (κ3) is 2.23. The molecule has 1 aromatic carbocycles. The lowest BCUT2D eigenvalue weighted by molar-refractivity contribution is -0.385. The molecule has 0 fully saturated rings. The minimum absolute atomic E-state index is 0.102. The Hall–Kier alpha value is -2.81. The predicted octanol–water partition coefficient (Wildman–Crippen LogP) is 3.05.